The third-order valence-electron chi connectivity index (χ3n) is 9.07. The van der Waals surface area contributed by atoms with Crippen LogP contribution < -0.4 is 0 Å². The van der Waals surface area contributed by atoms with E-state index in [0.717, 1.165) is 17.8 Å². The van der Waals surface area contributed by atoms with Crippen molar-refractivity contribution in [3.05, 3.63) is 52.1 Å². The zero-order valence-corrected chi connectivity index (χ0v) is 21.0. The van der Waals surface area contributed by atoms with Crippen molar-refractivity contribution < 1.29 is 5.11 Å². The fourth-order valence-electron chi connectivity index (χ4n) is 6.09. The maximum Gasteiger partial charge on any atom is 0.122 e. The van der Waals surface area contributed by atoms with Crippen molar-refractivity contribution >= 4 is 0 Å². The highest BCUT2D eigenvalue weighted by Gasteiger charge is 2.35. The van der Waals surface area contributed by atoms with Crippen LogP contribution in [0.5, 0.6) is 5.75 Å². The van der Waals surface area contributed by atoms with E-state index < -0.39 is 0 Å². The summed E-state index contributed by atoms with van der Waals surface area (Å²) >= 11 is 0. The normalized spacial score (nSPS) is 21.6. The lowest BCUT2D eigenvalue weighted by molar-refractivity contribution is 0.443. The number of benzene rings is 2. The van der Waals surface area contributed by atoms with Crippen LogP contribution in [-0.2, 0) is 0 Å². The Hall–Kier alpha value is -1.76. The van der Waals surface area contributed by atoms with Crippen LogP contribution in [0.2, 0.25) is 0 Å². The first kappa shape index (κ1) is 22.1. The number of hydrogen-bond acceptors (Lipinski definition) is 1. The molecule has 5 rings (SSSR count). The Morgan fingerprint density at radius 3 is 1.31 bits per heavy atom. The van der Waals surface area contributed by atoms with Gasteiger partial charge in [0.25, 0.3) is 0 Å². The molecule has 0 aromatic heterocycles. The van der Waals surface area contributed by atoms with E-state index in [1.165, 1.54) is 71.9 Å². The average molecular weight is 431 g/mol. The van der Waals surface area contributed by atoms with Crippen molar-refractivity contribution in [3.63, 3.8) is 0 Å². The monoisotopic (exact) mass is 430 g/mol. The molecular formula is C31H42O. The highest BCUT2D eigenvalue weighted by atomic mass is 16.3. The minimum atomic E-state index is 0.444. The summed E-state index contributed by atoms with van der Waals surface area (Å²) in [7, 11) is 0. The summed E-state index contributed by atoms with van der Waals surface area (Å²) in [6.45, 7) is 14.1. The first-order chi connectivity index (χ1) is 15.3. The molecule has 3 aliphatic rings. The molecule has 0 spiro atoms. The summed E-state index contributed by atoms with van der Waals surface area (Å²) in [5.74, 6) is 4.99. The number of aromatic hydroxyl groups is 1. The predicted molar refractivity (Wildman–Crippen MR) is 136 cm³/mol. The fourth-order valence-corrected chi connectivity index (χ4v) is 6.09. The molecule has 1 N–H and O–H groups in total. The topological polar surface area (TPSA) is 20.2 Å². The van der Waals surface area contributed by atoms with Gasteiger partial charge in [0.15, 0.2) is 0 Å². The van der Waals surface area contributed by atoms with E-state index in [-0.39, 0.29) is 0 Å². The van der Waals surface area contributed by atoms with Crippen molar-refractivity contribution in [2.45, 2.75) is 104 Å². The summed E-state index contributed by atoms with van der Waals surface area (Å²) in [5.41, 5.74) is 9.60. The quantitative estimate of drug-likeness (QED) is 0.443. The van der Waals surface area contributed by atoms with Crippen LogP contribution in [0.3, 0.4) is 0 Å². The second kappa shape index (κ2) is 8.23. The fraction of sp³-hybridized carbons (Fsp3) is 0.613. The van der Waals surface area contributed by atoms with Crippen molar-refractivity contribution in [3.8, 4) is 16.9 Å². The van der Waals surface area contributed by atoms with Gasteiger partial charge < -0.3 is 5.11 Å². The maximum atomic E-state index is 11.4. The van der Waals surface area contributed by atoms with Gasteiger partial charge in [-0.25, -0.2) is 0 Å². The lowest BCUT2D eigenvalue weighted by atomic mass is 9.81. The Morgan fingerprint density at radius 1 is 0.594 bits per heavy atom. The Bertz CT molecular complexity index is 964. The molecule has 1 nitrogen and oxygen atoms in total. The summed E-state index contributed by atoms with van der Waals surface area (Å²) < 4.78 is 0. The average Bonchev–Trinajstić information content (AvgIpc) is 3.64. The van der Waals surface area contributed by atoms with Gasteiger partial charge in [0.1, 0.15) is 5.75 Å². The Morgan fingerprint density at radius 2 is 0.938 bits per heavy atom. The molecule has 0 saturated heterocycles. The number of hydrogen-bond donors (Lipinski definition) is 1. The minimum Gasteiger partial charge on any atom is -0.507 e. The molecule has 0 aliphatic heterocycles. The summed E-state index contributed by atoms with van der Waals surface area (Å²) in [6, 6.07) is 9.62. The highest BCUT2D eigenvalue weighted by Crippen LogP contribution is 2.51. The largest absolute Gasteiger partial charge is 0.507 e. The number of rotatable bonds is 8. The van der Waals surface area contributed by atoms with E-state index >= 15 is 0 Å². The standard InChI is InChI=1S/C31H42O/c1-17(2)27-13-25(14-28(21(27)6)18(3)22-7-8-22)26-15-29(19(4)23-9-10-23)31(32)30(16-26)20(5)24-11-12-24/h13-20,22-24,32H,7-12H2,1-6H3/t18-,19-,20-/m1/s1. The molecule has 2 aromatic rings. The smallest absolute Gasteiger partial charge is 0.122 e. The van der Waals surface area contributed by atoms with Crippen LogP contribution in [0.25, 0.3) is 11.1 Å². The van der Waals surface area contributed by atoms with Crippen LogP contribution >= 0.6 is 0 Å². The zero-order chi connectivity index (χ0) is 22.7. The van der Waals surface area contributed by atoms with Crippen LogP contribution in [0.1, 0.15) is 125 Å². The molecule has 32 heavy (non-hydrogen) atoms. The molecule has 172 valence electrons. The van der Waals surface area contributed by atoms with E-state index in [0.29, 0.717) is 29.4 Å². The van der Waals surface area contributed by atoms with Crippen molar-refractivity contribution in [1.82, 2.24) is 0 Å². The zero-order valence-electron chi connectivity index (χ0n) is 21.0. The molecule has 2 aromatic carbocycles. The lowest BCUT2D eigenvalue weighted by Gasteiger charge is -2.24. The second-order valence-corrected chi connectivity index (χ2v) is 11.8. The number of phenolic OH excluding ortho intramolecular Hbond substituents is 1. The van der Waals surface area contributed by atoms with Crippen LogP contribution in [0.15, 0.2) is 24.3 Å². The van der Waals surface area contributed by atoms with E-state index in [2.05, 4.69) is 65.8 Å². The molecule has 1 heteroatoms. The molecule has 0 amide bonds. The lowest BCUT2D eigenvalue weighted by Crippen LogP contribution is -2.06. The molecule has 3 fully saturated rings. The van der Waals surface area contributed by atoms with E-state index in [9.17, 15) is 5.11 Å². The minimum absolute atomic E-state index is 0.444. The summed E-state index contributed by atoms with van der Waals surface area (Å²) in [4.78, 5) is 0. The van der Waals surface area contributed by atoms with Gasteiger partial charge in [0, 0.05) is 0 Å². The number of phenols is 1. The van der Waals surface area contributed by atoms with Gasteiger partial charge >= 0.3 is 0 Å². The Balaban J connectivity index is 1.66. The first-order valence-electron chi connectivity index (χ1n) is 13.3. The molecule has 0 heterocycles. The van der Waals surface area contributed by atoms with Crippen LogP contribution in [-0.4, -0.2) is 5.11 Å². The maximum absolute atomic E-state index is 11.4. The third kappa shape index (κ3) is 4.13. The van der Waals surface area contributed by atoms with Gasteiger partial charge in [-0.3, -0.25) is 0 Å². The third-order valence-corrected chi connectivity index (χ3v) is 9.07. The summed E-state index contributed by atoms with van der Waals surface area (Å²) in [6.07, 6.45) is 8.00. The highest BCUT2D eigenvalue weighted by molar-refractivity contribution is 5.71. The molecule has 3 saturated carbocycles. The molecule has 3 atom stereocenters. The van der Waals surface area contributed by atoms with Gasteiger partial charge in [-0.15, -0.1) is 0 Å². The van der Waals surface area contributed by atoms with Crippen molar-refractivity contribution in [1.29, 1.82) is 0 Å². The van der Waals surface area contributed by atoms with Crippen molar-refractivity contribution in [2.75, 3.05) is 0 Å². The van der Waals surface area contributed by atoms with Gasteiger partial charge in [-0.2, -0.15) is 0 Å². The SMILES string of the molecule is Cc1c(C(C)C)cc(-c2cc([C@H](C)C3CC3)c(O)c([C@H](C)C3CC3)c2)cc1[C@H](C)C1CC1. The van der Waals surface area contributed by atoms with E-state index in [1.54, 1.807) is 5.56 Å². The van der Waals surface area contributed by atoms with Gasteiger partial charge in [-0.1, -0.05) is 46.8 Å². The predicted octanol–water partition coefficient (Wildman–Crippen LogP) is 9.03. The van der Waals surface area contributed by atoms with Gasteiger partial charge in [0.2, 0.25) is 0 Å². The van der Waals surface area contributed by atoms with Crippen LogP contribution in [0, 0.1) is 24.7 Å². The molecule has 0 bridgehead atoms. The second-order valence-electron chi connectivity index (χ2n) is 11.8. The van der Waals surface area contributed by atoms with E-state index in [1.807, 2.05) is 0 Å². The Labute approximate surface area is 195 Å². The molecule has 0 radical (unpaired) electrons. The van der Waals surface area contributed by atoms with Gasteiger partial charge in [0.05, 0.1) is 0 Å². The molecule has 0 unspecified atom stereocenters. The van der Waals surface area contributed by atoms with E-state index in [4.69, 9.17) is 0 Å². The molecular weight excluding hydrogens is 388 g/mol. The molecule has 3 aliphatic carbocycles. The van der Waals surface area contributed by atoms with Gasteiger partial charge in [-0.05, 0) is 138 Å². The summed E-state index contributed by atoms with van der Waals surface area (Å²) in [5, 5.41) is 11.4. The van der Waals surface area contributed by atoms with Crippen molar-refractivity contribution in [2.24, 2.45) is 17.8 Å². The Kier molecular flexibility index (Phi) is 5.67. The van der Waals surface area contributed by atoms with Crippen LogP contribution in [0.4, 0.5) is 0 Å². The first-order valence-corrected chi connectivity index (χ1v) is 13.3.